The molecule has 1 amide bonds. The van der Waals surface area contributed by atoms with Gasteiger partial charge < -0.3 is 20.1 Å². The van der Waals surface area contributed by atoms with E-state index in [2.05, 4.69) is 0 Å². The van der Waals surface area contributed by atoms with E-state index < -0.39 is 23.2 Å². The number of esters is 1. The van der Waals surface area contributed by atoms with Gasteiger partial charge in [-0.3, -0.25) is 4.79 Å². The van der Waals surface area contributed by atoms with Crippen LogP contribution in [0.25, 0.3) is 0 Å². The first-order valence-electron chi connectivity index (χ1n) is 6.51. The number of ether oxygens (including phenoxy) is 2. The van der Waals surface area contributed by atoms with Gasteiger partial charge in [0.1, 0.15) is 5.60 Å². The molecule has 2 N–H and O–H groups in total. The lowest BCUT2D eigenvalue weighted by atomic mass is 9.86. The third-order valence-corrected chi connectivity index (χ3v) is 3.15. The van der Waals surface area contributed by atoms with Crippen molar-refractivity contribution in [1.29, 1.82) is 0 Å². The van der Waals surface area contributed by atoms with Crippen LogP contribution in [-0.2, 0) is 14.3 Å². The molecule has 1 aliphatic rings. The Hall–Kier alpha value is -1.30. The van der Waals surface area contributed by atoms with E-state index in [0.717, 1.165) is 0 Å². The second kappa shape index (κ2) is 5.36. The summed E-state index contributed by atoms with van der Waals surface area (Å²) in [7, 11) is 0. The van der Waals surface area contributed by atoms with E-state index >= 15 is 0 Å². The maximum absolute atomic E-state index is 12.0. The summed E-state index contributed by atoms with van der Waals surface area (Å²) in [5.74, 6) is -0.367. The van der Waals surface area contributed by atoms with Gasteiger partial charge in [0.05, 0.1) is 12.0 Å². The molecule has 1 rings (SSSR count). The van der Waals surface area contributed by atoms with Crippen LogP contribution in [0, 0.1) is 5.41 Å². The molecule has 1 heterocycles. The Morgan fingerprint density at radius 1 is 1.42 bits per heavy atom. The minimum atomic E-state index is -0.868. The lowest BCUT2D eigenvalue weighted by Crippen LogP contribution is -2.45. The average Bonchev–Trinajstić information content (AvgIpc) is 2.55. The largest absolute Gasteiger partial charge is 0.465 e. The first kappa shape index (κ1) is 15.8. The van der Waals surface area contributed by atoms with Crippen molar-refractivity contribution in [1.82, 2.24) is 4.90 Å². The van der Waals surface area contributed by atoms with E-state index in [0.29, 0.717) is 13.2 Å². The molecule has 0 bridgehead atoms. The second-order valence-electron chi connectivity index (χ2n) is 6.11. The lowest BCUT2D eigenvalue weighted by Gasteiger charge is -2.26. The number of amides is 1. The SMILES string of the molecule is CCOC(=O)C1(C)CN(C(=O)OC(C)(C)C)CC1N. The summed E-state index contributed by atoms with van der Waals surface area (Å²) in [6.45, 7) is 9.68. The Balaban J connectivity index is 2.74. The van der Waals surface area contributed by atoms with Crippen LogP contribution in [0.15, 0.2) is 0 Å². The number of likely N-dealkylation sites (tertiary alicyclic amines) is 1. The molecule has 19 heavy (non-hydrogen) atoms. The molecule has 1 saturated heterocycles. The molecule has 1 fully saturated rings. The molecule has 0 radical (unpaired) electrons. The first-order valence-corrected chi connectivity index (χ1v) is 6.51. The number of nitrogens with zero attached hydrogens (tertiary/aromatic N) is 1. The van der Waals surface area contributed by atoms with Crippen LogP contribution in [0.1, 0.15) is 34.6 Å². The van der Waals surface area contributed by atoms with Crippen LogP contribution < -0.4 is 5.73 Å². The van der Waals surface area contributed by atoms with Crippen molar-refractivity contribution < 1.29 is 19.1 Å². The number of carbonyl (C=O) groups excluding carboxylic acids is 2. The third-order valence-electron chi connectivity index (χ3n) is 3.15. The first-order chi connectivity index (χ1) is 8.60. The van der Waals surface area contributed by atoms with Crippen LogP contribution in [0.4, 0.5) is 4.79 Å². The summed E-state index contributed by atoms with van der Waals surface area (Å²) in [5.41, 5.74) is 4.55. The molecular weight excluding hydrogens is 248 g/mol. The number of carbonyl (C=O) groups is 2. The Bertz CT molecular complexity index is 364. The molecular formula is C13H24N2O4. The zero-order chi connectivity index (χ0) is 14.8. The van der Waals surface area contributed by atoms with E-state index in [1.54, 1.807) is 34.6 Å². The highest BCUT2D eigenvalue weighted by Crippen LogP contribution is 2.31. The quantitative estimate of drug-likeness (QED) is 0.762. The Morgan fingerprint density at radius 3 is 2.47 bits per heavy atom. The summed E-state index contributed by atoms with van der Waals surface area (Å²) < 4.78 is 10.3. The van der Waals surface area contributed by atoms with Crippen LogP contribution in [0.3, 0.4) is 0 Å². The van der Waals surface area contributed by atoms with Gasteiger partial charge in [-0.15, -0.1) is 0 Å². The van der Waals surface area contributed by atoms with Crippen molar-refractivity contribution in [2.75, 3.05) is 19.7 Å². The number of hydrogen-bond donors (Lipinski definition) is 1. The summed E-state index contributed by atoms with van der Waals surface area (Å²) in [5, 5.41) is 0. The van der Waals surface area contributed by atoms with Gasteiger partial charge in [-0.25, -0.2) is 4.79 Å². The zero-order valence-electron chi connectivity index (χ0n) is 12.4. The topological polar surface area (TPSA) is 81.9 Å². The Kier molecular flexibility index (Phi) is 4.45. The fourth-order valence-electron chi connectivity index (χ4n) is 1.99. The van der Waals surface area contributed by atoms with Crippen LogP contribution in [0.2, 0.25) is 0 Å². The van der Waals surface area contributed by atoms with Gasteiger partial charge in [0.2, 0.25) is 0 Å². The van der Waals surface area contributed by atoms with Gasteiger partial charge >= 0.3 is 12.1 Å². The highest BCUT2D eigenvalue weighted by molar-refractivity contribution is 5.80. The van der Waals surface area contributed by atoms with Crippen molar-refractivity contribution >= 4 is 12.1 Å². The molecule has 110 valence electrons. The summed E-state index contributed by atoms with van der Waals surface area (Å²) in [4.78, 5) is 25.4. The molecule has 6 heteroatoms. The smallest absolute Gasteiger partial charge is 0.410 e. The molecule has 1 aliphatic heterocycles. The van der Waals surface area contributed by atoms with Crippen molar-refractivity contribution in [3.05, 3.63) is 0 Å². The van der Waals surface area contributed by atoms with Crippen molar-refractivity contribution in [2.24, 2.45) is 11.1 Å². The summed E-state index contributed by atoms with van der Waals surface area (Å²) in [6.07, 6.45) is -0.448. The van der Waals surface area contributed by atoms with Crippen molar-refractivity contribution in [3.8, 4) is 0 Å². The summed E-state index contributed by atoms with van der Waals surface area (Å²) >= 11 is 0. The standard InChI is InChI=1S/C13H24N2O4/c1-6-18-10(16)13(5)8-15(7-9(13)14)11(17)19-12(2,3)4/h9H,6-8,14H2,1-5H3. The molecule has 0 aromatic heterocycles. The highest BCUT2D eigenvalue weighted by atomic mass is 16.6. The number of hydrogen-bond acceptors (Lipinski definition) is 5. The van der Waals surface area contributed by atoms with E-state index in [9.17, 15) is 9.59 Å². The molecule has 2 unspecified atom stereocenters. The predicted octanol–water partition coefficient (Wildman–Crippen LogP) is 1.13. The maximum atomic E-state index is 12.0. The van der Waals surface area contributed by atoms with Crippen LogP contribution >= 0.6 is 0 Å². The highest BCUT2D eigenvalue weighted by Gasteiger charge is 2.50. The molecule has 2 atom stereocenters. The van der Waals surface area contributed by atoms with E-state index in [1.165, 1.54) is 4.90 Å². The minimum absolute atomic E-state index is 0.224. The fourth-order valence-corrected chi connectivity index (χ4v) is 1.99. The van der Waals surface area contributed by atoms with Gasteiger partial charge in [-0.1, -0.05) is 0 Å². The average molecular weight is 272 g/mol. The monoisotopic (exact) mass is 272 g/mol. The van der Waals surface area contributed by atoms with E-state index in [1.807, 2.05) is 0 Å². The van der Waals surface area contributed by atoms with Crippen molar-refractivity contribution in [3.63, 3.8) is 0 Å². The van der Waals surface area contributed by atoms with Gasteiger partial charge in [-0.2, -0.15) is 0 Å². The van der Waals surface area contributed by atoms with Gasteiger partial charge in [0, 0.05) is 19.1 Å². The molecule has 0 aliphatic carbocycles. The van der Waals surface area contributed by atoms with Gasteiger partial charge in [-0.05, 0) is 34.6 Å². The zero-order valence-corrected chi connectivity index (χ0v) is 12.4. The normalized spacial score (nSPS) is 27.3. The molecule has 0 saturated carbocycles. The van der Waals surface area contributed by atoms with Gasteiger partial charge in [0.15, 0.2) is 0 Å². The van der Waals surface area contributed by atoms with Crippen LogP contribution in [0.5, 0.6) is 0 Å². The summed E-state index contributed by atoms with van der Waals surface area (Å²) in [6, 6.07) is -0.445. The second-order valence-corrected chi connectivity index (χ2v) is 6.11. The van der Waals surface area contributed by atoms with Crippen molar-refractivity contribution in [2.45, 2.75) is 46.3 Å². The van der Waals surface area contributed by atoms with E-state index in [4.69, 9.17) is 15.2 Å². The predicted molar refractivity (Wildman–Crippen MR) is 70.5 cm³/mol. The Morgan fingerprint density at radius 2 is 2.00 bits per heavy atom. The number of rotatable bonds is 2. The fraction of sp³-hybridized carbons (Fsp3) is 0.846. The van der Waals surface area contributed by atoms with Gasteiger partial charge in [0.25, 0.3) is 0 Å². The number of nitrogens with two attached hydrogens (primary N) is 1. The maximum Gasteiger partial charge on any atom is 0.410 e. The van der Waals surface area contributed by atoms with Crippen LogP contribution in [-0.4, -0.2) is 48.3 Å². The molecule has 6 nitrogen and oxygen atoms in total. The Labute approximate surface area is 114 Å². The molecule has 0 aromatic carbocycles. The molecule has 0 spiro atoms. The molecule has 0 aromatic rings. The van der Waals surface area contributed by atoms with E-state index in [-0.39, 0.29) is 12.5 Å². The third kappa shape index (κ3) is 3.59. The minimum Gasteiger partial charge on any atom is -0.465 e. The lowest BCUT2D eigenvalue weighted by molar-refractivity contribution is -0.154.